The van der Waals surface area contributed by atoms with Crippen molar-refractivity contribution in [2.75, 3.05) is 13.2 Å². The smallest absolute Gasteiger partial charge is 0.323 e. The first-order valence-corrected chi connectivity index (χ1v) is 8.11. The summed E-state index contributed by atoms with van der Waals surface area (Å²) in [5.41, 5.74) is 0.564. The summed E-state index contributed by atoms with van der Waals surface area (Å²) in [7, 11) is 0. The average molecular weight is 337 g/mol. The molecule has 1 aromatic rings. The van der Waals surface area contributed by atoms with E-state index in [1.807, 2.05) is 12.1 Å². The summed E-state index contributed by atoms with van der Waals surface area (Å²) in [6.45, 7) is 7.71. The maximum absolute atomic E-state index is 12.6. The Morgan fingerprint density at radius 2 is 1.91 bits per heavy atom. The Morgan fingerprint density at radius 3 is 2.43 bits per heavy atom. The number of fused-ring (bicyclic) bond motifs is 1. The van der Waals surface area contributed by atoms with Crippen molar-refractivity contribution in [3.63, 3.8) is 0 Å². The van der Waals surface area contributed by atoms with Crippen LogP contribution >= 0.6 is 11.6 Å². The summed E-state index contributed by atoms with van der Waals surface area (Å²) >= 11 is 6.08. The van der Waals surface area contributed by atoms with Crippen molar-refractivity contribution in [1.82, 2.24) is 0 Å². The lowest BCUT2D eigenvalue weighted by atomic mass is 9.67. The molecule has 0 amide bonds. The van der Waals surface area contributed by atoms with Gasteiger partial charge in [-0.2, -0.15) is 0 Å². The highest BCUT2D eigenvalue weighted by atomic mass is 35.5. The molecule has 0 N–H and O–H groups in total. The SMILES string of the molecule is C=CC1CC(C(=O)OCC)(C(=O)OCC)Cc2ccc(Cl)cc21. The van der Waals surface area contributed by atoms with Gasteiger partial charge in [-0.15, -0.1) is 6.58 Å². The minimum atomic E-state index is -1.33. The van der Waals surface area contributed by atoms with Crippen LogP contribution in [0.1, 0.15) is 37.3 Å². The van der Waals surface area contributed by atoms with E-state index in [1.165, 1.54) is 0 Å². The first-order valence-electron chi connectivity index (χ1n) is 7.73. The normalized spacial score (nSPS) is 18.7. The van der Waals surface area contributed by atoms with Crippen LogP contribution in [0.3, 0.4) is 0 Å². The zero-order chi connectivity index (χ0) is 17.0. The molecule has 1 aliphatic carbocycles. The molecule has 4 nitrogen and oxygen atoms in total. The van der Waals surface area contributed by atoms with Crippen LogP contribution in [0.5, 0.6) is 0 Å². The molecule has 1 aromatic carbocycles. The van der Waals surface area contributed by atoms with Gasteiger partial charge in [-0.05, 0) is 49.9 Å². The van der Waals surface area contributed by atoms with E-state index < -0.39 is 17.4 Å². The van der Waals surface area contributed by atoms with Crippen molar-refractivity contribution in [3.8, 4) is 0 Å². The third-order valence-electron chi connectivity index (χ3n) is 4.18. The van der Waals surface area contributed by atoms with Crippen LogP contribution in [-0.4, -0.2) is 25.2 Å². The predicted octanol–water partition coefficient (Wildman–Crippen LogP) is 3.67. The van der Waals surface area contributed by atoms with E-state index in [-0.39, 0.29) is 32.0 Å². The number of hydrogen-bond donors (Lipinski definition) is 0. The number of halogens is 1. The second kappa shape index (κ2) is 7.18. The van der Waals surface area contributed by atoms with Crippen molar-refractivity contribution in [2.24, 2.45) is 5.41 Å². The topological polar surface area (TPSA) is 52.6 Å². The van der Waals surface area contributed by atoms with E-state index in [0.717, 1.165) is 11.1 Å². The average Bonchev–Trinajstić information content (AvgIpc) is 2.54. The Bertz CT molecular complexity index is 605. The lowest BCUT2D eigenvalue weighted by Gasteiger charge is -2.37. The number of ether oxygens (including phenoxy) is 2. The van der Waals surface area contributed by atoms with Crippen molar-refractivity contribution >= 4 is 23.5 Å². The minimum Gasteiger partial charge on any atom is -0.465 e. The van der Waals surface area contributed by atoms with Crippen molar-refractivity contribution in [1.29, 1.82) is 0 Å². The van der Waals surface area contributed by atoms with E-state index in [0.29, 0.717) is 5.02 Å². The van der Waals surface area contributed by atoms with E-state index in [2.05, 4.69) is 6.58 Å². The van der Waals surface area contributed by atoms with Crippen molar-refractivity contribution < 1.29 is 19.1 Å². The highest BCUT2D eigenvalue weighted by Gasteiger charge is 2.52. The maximum Gasteiger partial charge on any atom is 0.323 e. The third-order valence-corrected chi connectivity index (χ3v) is 4.42. The van der Waals surface area contributed by atoms with Crippen LogP contribution in [0, 0.1) is 5.41 Å². The maximum atomic E-state index is 12.6. The summed E-state index contributed by atoms with van der Waals surface area (Å²) in [6, 6.07) is 5.47. The Kier molecular flexibility index (Phi) is 5.47. The van der Waals surface area contributed by atoms with Crippen molar-refractivity contribution in [3.05, 3.63) is 47.0 Å². The van der Waals surface area contributed by atoms with Gasteiger partial charge in [0.25, 0.3) is 0 Å². The molecule has 0 saturated carbocycles. The quantitative estimate of drug-likeness (QED) is 0.467. The van der Waals surface area contributed by atoms with Gasteiger partial charge in [-0.25, -0.2) is 0 Å². The van der Waals surface area contributed by atoms with Crippen LogP contribution in [-0.2, 0) is 25.5 Å². The Labute approximate surface area is 141 Å². The molecule has 0 aliphatic heterocycles. The summed E-state index contributed by atoms with van der Waals surface area (Å²) < 4.78 is 10.4. The molecule has 124 valence electrons. The van der Waals surface area contributed by atoms with Crippen LogP contribution in [0.25, 0.3) is 0 Å². The summed E-state index contributed by atoms with van der Waals surface area (Å²) in [6.07, 6.45) is 2.27. The number of carbonyl (C=O) groups is 2. The van der Waals surface area contributed by atoms with Gasteiger partial charge >= 0.3 is 11.9 Å². The molecule has 1 atom stereocenters. The molecule has 0 aromatic heterocycles. The zero-order valence-electron chi connectivity index (χ0n) is 13.4. The van der Waals surface area contributed by atoms with Gasteiger partial charge in [0.15, 0.2) is 5.41 Å². The molecule has 23 heavy (non-hydrogen) atoms. The molecular weight excluding hydrogens is 316 g/mol. The van der Waals surface area contributed by atoms with E-state index in [4.69, 9.17) is 21.1 Å². The van der Waals surface area contributed by atoms with Gasteiger partial charge < -0.3 is 9.47 Å². The molecule has 0 bridgehead atoms. The molecule has 0 fully saturated rings. The second-order valence-corrected chi connectivity index (χ2v) is 6.03. The number of allylic oxidation sites excluding steroid dienone is 1. The summed E-state index contributed by atoms with van der Waals surface area (Å²) in [5, 5.41) is 0.621. The molecule has 0 spiro atoms. The lowest BCUT2D eigenvalue weighted by Crippen LogP contribution is -2.47. The summed E-state index contributed by atoms with van der Waals surface area (Å²) in [5.74, 6) is -1.23. The van der Waals surface area contributed by atoms with Crippen LogP contribution in [0.4, 0.5) is 0 Å². The third kappa shape index (κ3) is 3.27. The Balaban J connectivity index is 2.52. The number of benzene rings is 1. The largest absolute Gasteiger partial charge is 0.465 e. The highest BCUT2D eigenvalue weighted by Crippen LogP contribution is 2.45. The molecular formula is C18H21ClO4. The van der Waals surface area contributed by atoms with Crippen molar-refractivity contribution in [2.45, 2.75) is 32.6 Å². The van der Waals surface area contributed by atoms with Gasteiger partial charge in [0.1, 0.15) is 0 Å². The van der Waals surface area contributed by atoms with Crippen LogP contribution in [0.15, 0.2) is 30.9 Å². The van der Waals surface area contributed by atoms with E-state index in [9.17, 15) is 9.59 Å². The fourth-order valence-electron chi connectivity index (χ4n) is 3.10. The lowest BCUT2D eigenvalue weighted by molar-refractivity contribution is -0.173. The van der Waals surface area contributed by atoms with Gasteiger partial charge in [0, 0.05) is 10.9 Å². The highest BCUT2D eigenvalue weighted by molar-refractivity contribution is 6.30. The fraction of sp³-hybridized carbons (Fsp3) is 0.444. The standard InChI is InChI=1S/C18H21ClO4/c1-4-12-10-18(16(20)22-5-2,17(21)23-6-3)11-13-7-8-14(19)9-15(12)13/h4,7-9,12H,1,5-6,10-11H2,2-3H3. The second-order valence-electron chi connectivity index (χ2n) is 5.59. The molecule has 1 unspecified atom stereocenters. The molecule has 0 radical (unpaired) electrons. The fourth-order valence-corrected chi connectivity index (χ4v) is 3.28. The molecule has 5 heteroatoms. The zero-order valence-corrected chi connectivity index (χ0v) is 14.2. The summed E-state index contributed by atoms with van der Waals surface area (Å²) in [4.78, 5) is 25.2. The first kappa shape index (κ1) is 17.5. The van der Waals surface area contributed by atoms with Gasteiger partial charge in [0.05, 0.1) is 13.2 Å². The van der Waals surface area contributed by atoms with Crippen LogP contribution in [0.2, 0.25) is 5.02 Å². The first-order chi connectivity index (χ1) is 11.0. The van der Waals surface area contributed by atoms with E-state index >= 15 is 0 Å². The number of esters is 2. The van der Waals surface area contributed by atoms with E-state index in [1.54, 1.807) is 26.0 Å². The van der Waals surface area contributed by atoms with Gasteiger partial charge in [0.2, 0.25) is 0 Å². The van der Waals surface area contributed by atoms with Crippen LogP contribution < -0.4 is 0 Å². The number of carbonyl (C=O) groups excluding carboxylic acids is 2. The Hall–Kier alpha value is -1.81. The molecule has 0 heterocycles. The van der Waals surface area contributed by atoms with Gasteiger partial charge in [-0.3, -0.25) is 9.59 Å². The monoisotopic (exact) mass is 336 g/mol. The Morgan fingerprint density at radius 1 is 1.30 bits per heavy atom. The number of rotatable bonds is 5. The molecule has 2 rings (SSSR count). The molecule has 1 aliphatic rings. The number of hydrogen-bond acceptors (Lipinski definition) is 4. The minimum absolute atomic E-state index is 0.161. The molecule has 0 saturated heterocycles. The predicted molar refractivity (Wildman–Crippen MR) is 88.4 cm³/mol. The van der Waals surface area contributed by atoms with Gasteiger partial charge in [-0.1, -0.05) is 23.7 Å².